The van der Waals surface area contributed by atoms with Crippen LogP contribution >= 0.6 is 0 Å². The molecule has 1 aliphatic rings. The summed E-state index contributed by atoms with van der Waals surface area (Å²) in [5.74, 6) is 1.07. The maximum absolute atomic E-state index is 6.19. The fourth-order valence-corrected chi connectivity index (χ4v) is 5.61. The summed E-state index contributed by atoms with van der Waals surface area (Å²) in [5, 5.41) is 0. The number of hydrogen-bond acceptors (Lipinski definition) is 5. The van der Waals surface area contributed by atoms with Crippen LogP contribution in [-0.4, -0.2) is 47.2 Å². The first-order valence-corrected chi connectivity index (χ1v) is 16.6. The van der Waals surface area contributed by atoms with Crippen LogP contribution in [0.3, 0.4) is 0 Å². The van der Waals surface area contributed by atoms with E-state index in [0.717, 1.165) is 68.8 Å². The van der Waals surface area contributed by atoms with Crippen molar-refractivity contribution in [1.29, 1.82) is 0 Å². The Morgan fingerprint density at radius 3 is 2.82 bits per heavy atom. The highest BCUT2D eigenvalue weighted by molar-refractivity contribution is 6.76. The molecule has 0 saturated heterocycles. The van der Waals surface area contributed by atoms with E-state index < -0.39 is 8.07 Å². The predicted octanol–water partition coefficient (Wildman–Crippen LogP) is 5.36. The van der Waals surface area contributed by atoms with Crippen molar-refractivity contribution in [1.82, 2.24) is 19.4 Å². The van der Waals surface area contributed by atoms with Crippen LogP contribution in [0.15, 0.2) is 42.6 Å². The number of imidazole rings is 1. The van der Waals surface area contributed by atoms with E-state index in [0.29, 0.717) is 12.8 Å². The number of pyridine rings is 1. The van der Waals surface area contributed by atoms with Gasteiger partial charge in [-0.2, -0.15) is 0 Å². The summed E-state index contributed by atoms with van der Waals surface area (Å²) in [6.07, 6.45) is 7.53. The second-order valence-corrected chi connectivity index (χ2v) is 16.3. The average molecular weight is 480 g/mol. The lowest BCUT2D eigenvalue weighted by Crippen LogP contribution is -2.34. The quantitative estimate of drug-likeness (QED) is 0.280. The molecule has 3 aromatic rings. The molecule has 184 valence electrons. The fraction of sp³-hybridized carbons (Fsp3) is 0.556. The molecule has 2 aromatic heterocycles. The van der Waals surface area contributed by atoms with Gasteiger partial charge in [0.15, 0.2) is 0 Å². The molecule has 4 rings (SSSR count). The van der Waals surface area contributed by atoms with Crippen molar-refractivity contribution in [3.05, 3.63) is 59.7 Å². The minimum absolute atomic E-state index is 0.323. The summed E-state index contributed by atoms with van der Waals surface area (Å²) in [5.41, 5.74) is 10.7. The van der Waals surface area contributed by atoms with E-state index in [1.807, 2.05) is 6.20 Å². The number of unbranched alkanes of at least 4 members (excludes halogenated alkanes) is 1. The molecule has 0 fully saturated rings. The largest absolute Gasteiger partial charge is 0.361 e. The van der Waals surface area contributed by atoms with E-state index in [2.05, 4.69) is 65.5 Å². The summed E-state index contributed by atoms with van der Waals surface area (Å²) in [7, 11) is -1.12. The van der Waals surface area contributed by atoms with Crippen molar-refractivity contribution in [3.63, 3.8) is 0 Å². The van der Waals surface area contributed by atoms with E-state index in [1.54, 1.807) is 0 Å². The monoisotopic (exact) mass is 479 g/mol. The molecule has 0 amide bonds. The first-order valence-electron chi connectivity index (χ1n) is 12.9. The predicted molar refractivity (Wildman–Crippen MR) is 142 cm³/mol. The Morgan fingerprint density at radius 2 is 2.00 bits per heavy atom. The highest BCUT2D eigenvalue weighted by atomic mass is 28.3. The van der Waals surface area contributed by atoms with E-state index >= 15 is 0 Å². The van der Waals surface area contributed by atoms with Gasteiger partial charge in [-0.25, -0.2) is 4.98 Å². The van der Waals surface area contributed by atoms with Crippen LogP contribution in [0.5, 0.6) is 0 Å². The van der Waals surface area contributed by atoms with Crippen LogP contribution in [0.25, 0.3) is 11.0 Å². The number of nitrogens with two attached hydrogens (primary N) is 1. The van der Waals surface area contributed by atoms with Crippen molar-refractivity contribution in [2.24, 2.45) is 5.73 Å². The Hall–Kier alpha value is -2.06. The molecule has 0 bridgehead atoms. The SMILES string of the molecule is C[Si](C)(C)CCOCn1c(CN(CCCCN)C2CCCc3cccnc32)nc2ccccc21. The number of benzene rings is 1. The van der Waals surface area contributed by atoms with Crippen LogP contribution in [0.1, 0.15) is 48.8 Å². The molecular weight excluding hydrogens is 438 g/mol. The van der Waals surface area contributed by atoms with Crippen molar-refractivity contribution < 1.29 is 4.74 Å². The summed E-state index contributed by atoms with van der Waals surface area (Å²) in [6, 6.07) is 14.2. The van der Waals surface area contributed by atoms with Crippen molar-refractivity contribution in [2.75, 3.05) is 19.7 Å². The topological polar surface area (TPSA) is 69.2 Å². The Balaban J connectivity index is 1.59. The molecule has 6 nitrogen and oxygen atoms in total. The number of para-hydroxylation sites is 2. The number of aromatic nitrogens is 3. The summed E-state index contributed by atoms with van der Waals surface area (Å²) >= 11 is 0. The fourth-order valence-electron chi connectivity index (χ4n) is 4.85. The smallest absolute Gasteiger partial charge is 0.126 e. The standard InChI is InChI=1S/C27H41N5OSi/c1-34(2,3)19-18-33-21-32-24-13-5-4-12-23(24)30-26(32)20-31(17-7-6-15-28)25-14-8-10-22-11-9-16-29-27(22)25/h4-5,9,11-13,16,25H,6-8,10,14-15,17-21,28H2,1-3H3. The molecule has 0 saturated carbocycles. The average Bonchev–Trinajstić information content (AvgIpc) is 3.17. The van der Waals surface area contributed by atoms with Crippen LogP contribution in [0, 0.1) is 0 Å². The highest BCUT2D eigenvalue weighted by Crippen LogP contribution is 2.34. The zero-order chi connectivity index (χ0) is 24.0. The van der Waals surface area contributed by atoms with Gasteiger partial charge in [0.25, 0.3) is 0 Å². The molecule has 0 radical (unpaired) electrons. The van der Waals surface area contributed by atoms with Crippen LogP contribution in [0.2, 0.25) is 25.7 Å². The summed E-state index contributed by atoms with van der Waals surface area (Å²) in [4.78, 5) is 12.5. The molecule has 2 heterocycles. The first kappa shape index (κ1) is 25.0. The van der Waals surface area contributed by atoms with E-state index in [9.17, 15) is 0 Å². The Kier molecular flexibility index (Phi) is 8.53. The summed E-state index contributed by atoms with van der Waals surface area (Å²) in [6.45, 7) is 11.1. The van der Waals surface area contributed by atoms with Gasteiger partial charge in [-0.05, 0) is 75.0 Å². The molecule has 34 heavy (non-hydrogen) atoms. The van der Waals surface area contributed by atoms with Gasteiger partial charge in [-0.15, -0.1) is 0 Å². The van der Waals surface area contributed by atoms with Gasteiger partial charge in [0.05, 0.1) is 29.3 Å². The molecule has 0 aliphatic heterocycles. The van der Waals surface area contributed by atoms with Crippen LogP contribution in [-0.2, 0) is 24.4 Å². The third kappa shape index (κ3) is 6.33. The van der Waals surface area contributed by atoms with Crippen molar-refractivity contribution >= 4 is 19.1 Å². The molecule has 1 atom stereocenters. The Bertz CT molecular complexity index is 1060. The van der Waals surface area contributed by atoms with E-state index in [-0.39, 0.29) is 0 Å². The molecular formula is C27H41N5OSi. The zero-order valence-corrected chi connectivity index (χ0v) is 22.2. The van der Waals surface area contributed by atoms with Crippen molar-refractivity contribution in [3.8, 4) is 0 Å². The van der Waals surface area contributed by atoms with Gasteiger partial charge >= 0.3 is 0 Å². The Morgan fingerprint density at radius 1 is 1.15 bits per heavy atom. The normalized spacial score (nSPS) is 16.3. The second-order valence-electron chi connectivity index (χ2n) is 10.7. The van der Waals surface area contributed by atoms with Crippen molar-refractivity contribution in [2.45, 2.75) is 77.1 Å². The number of hydrogen-bond donors (Lipinski definition) is 1. The first-order chi connectivity index (χ1) is 16.5. The molecule has 1 unspecified atom stereocenters. The third-order valence-electron chi connectivity index (χ3n) is 6.80. The molecule has 7 heteroatoms. The molecule has 0 spiro atoms. The zero-order valence-electron chi connectivity index (χ0n) is 21.2. The number of fused-ring (bicyclic) bond motifs is 2. The van der Waals surface area contributed by atoms with E-state index in [1.165, 1.54) is 23.7 Å². The lowest BCUT2D eigenvalue weighted by atomic mass is 9.90. The van der Waals surface area contributed by atoms with Gasteiger partial charge < -0.3 is 15.0 Å². The van der Waals surface area contributed by atoms with Gasteiger partial charge in [-0.3, -0.25) is 9.88 Å². The van der Waals surface area contributed by atoms with Crippen LogP contribution < -0.4 is 5.73 Å². The number of ether oxygens (including phenoxy) is 1. The third-order valence-corrected chi connectivity index (χ3v) is 8.50. The van der Waals surface area contributed by atoms with E-state index in [4.69, 9.17) is 20.4 Å². The number of aryl methyl sites for hydroxylation is 1. The molecule has 1 aromatic carbocycles. The van der Waals surface area contributed by atoms with Crippen LogP contribution in [0.4, 0.5) is 0 Å². The van der Waals surface area contributed by atoms with Gasteiger partial charge in [0, 0.05) is 20.9 Å². The number of nitrogens with zero attached hydrogens (tertiary/aromatic N) is 4. The van der Waals surface area contributed by atoms with Gasteiger partial charge in [0.2, 0.25) is 0 Å². The lowest BCUT2D eigenvalue weighted by Gasteiger charge is -2.35. The maximum atomic E-state index is 6.19. The lowest BCUT2D eigenvalue weighted by molar-refractivity contribution is 0.0829. The molecule has 1 aliphatic carbocycles. The number of rotatable bonds is 12. The second kappa shape index (κ2) is 11.6. The van der Waals surface area contributed by atoms with Gasteiger partial charge in [-0.1, -0.05) is 37.8 Å². The summed E-state index contributed by atoms with van der Waals surface area (Å²) < 4.78 is 8.47. The Labute approximate surface area is 205 Å². The minimum atomic E-state index is -1.12. The maximum Gasteiger partial charge on any atom is 0.126 e. The van der Waals surface area contributed by atoms with Gasteiger partial charge in [0.1, 0.15) is 12.6 Å². The molecule has 2 N–H and O–H groups in total. The highest BCUT2D eigenvalue weighted by Gasteiger charge is 2.28. The minimum Gasteiger partial charge on any atom is -0.361 e.